The molecule has 1 aliphatic rings. The van der Waals surface area contributed by atoms with Crippen molar-refractivity contribution in [3.05, 3.63) is 100.0 Å². The number of carbonyl (C=O) groups is 2. The van der Waals surface area contributed by atoms with Crippen molar-refractivity contribution in [2.45, 2.75) is 13.8 Å². The van der Waals surface area contributed by atoms with Crippen molar-refractivity contribution in [3.8, 4) is 0 Å². The molecule has 0 saturated carbocycles. The van der Waals surface area contributed by atoms with Crippen LogP contribution in [0.4, 0.5) is 15.8 Å². The molecule has 0 saturated heterocycles. The highest BCUT2D eigenvalue weighted by Gasteiger charge is 2.40. The van der Waals surface area contributed by atoms with E-state index >= 15 is 0 Å². The summed E-state index contributed by atoms with van der Waals surface area (Å²) in [5.41, 5.74) is 4.05. The van der Waals surface area contributed by atoms with E-state index in [4.69, 9.17) is 11.6 Å². The van der Waals surface area contributed by atoms with Gasteiger partial charge >= 0.3 is 0 Å². The second-order valence-electron chi connectivity index (χ2n) is 7.10. The van der Waals surface area contributed by atoms with Gasteiger partial charge in [-0.3, -0.25) is 9.59 Å². The average Bonchev–Trinajstić information content (AvgIpc) is 2.96. The third-order valence-electron chi connectivity index (χ3n) is 5.08. The highest BCUT2D eigenvalue weighted by molar-refractivity contribution is 6.46. The van der Waals surface area contributed by atoms with Crippen molar-refractivity contribution in [2.75, 3.05) is 10.2 Å². The summed E-state index contributed by atoms with van der Waals surface area (Å²) < 4.78 is 13.4. The summed E-state index contributed by atoms with van der Waals surface area (Å²) in [7, 11) is 0. The van der Waals surface area contributed by atoms with Gasteiger partial charge in [-0.2, -0.15) is 0 Å². The molecule has 0 aliphatic carbocycles. The highest BCUT2D eigenvalue weighted by atomic mass is 35.5. The van der Waals surface area contributed by atoms with E-state index in [2.05, 4.69) is 5.32 Å². The fraction of sp³-hybridized carbons (Fsp3) is 0.0833. The molecule has 0 aromatic heterocycles. The van der Waals surface area contributed by atoms with E-state index in [1.165, 1.54) is 24.3 Å². The maximum absolute atomic E-state index is 13.4. The number of rotatable bonds is 4. The molecule has 1 aliphatic heterocycles. The first-order chi connectivity index (χ1) is 14.3. The summed E-state index contributed by atoms with van der Waals surface area (Å²) >= 11 is 5.95. The average molecular weight is 421 g/mol. The van der Waals surface area contributed by atoms with Crippen LogP contribution >= 0.6 is 11.6 Å². The van der Waals surface area contributed by atoms with Gasteiger partial charge in [0.25, 0.3) is 11.8 Å². The number of anilines is 2. The SMILES string of the molecule is Cc1ccc(NC2=C(c3ccc(F)cc3)C(=O)N(c3ccc(Cl)cc3)C2=O)cc1C. The molecule has 0 bridgehead atoms. The Hall–Kier alpha value is -3.44. The third kappa shape index (κ3) is 3.60. The standard InChI is InChI=1S/C24H18ClFN2O2/c1-14-3-10-19(13-15(14)2)27-22-21(16-4-8-18(26)9-5-16)23(29)28(24(22)30)20-11-6-17(25)7-12-20/h3-13,27H,1-2H3. The van der Waals surface area contributed by atoms with Gasteiger partial charge in [0.2, 0.25) is 0 Å². The molecule has 1 heterocycles. The summed E-state index contributed by atoms with van der Waals surface area (Å²) in [4.78, 5) is 27.7. The second kappa shape index (κ2) is 7.76. The van der Waals surface area contributed by atoms with Crippen molar-refractivity contribution in [1.29, 1.82) is 0 Å². The molecule has 1 N–H and O–H groups in total. The van der Waals surface area contributed by atoms with Gasteiger partial charge in [0, 0.05) is 10.7 Å². The Labute approximate surface area is 178 Å². The van der Waals surface area contributed by atoms with E-state index in [0.29, 0.717) is 22.0 Å². The van der Waals surface area contributed by atoms with Gasteiger partial charge < -0.3 is 5.32 Å². The fourth-order valence-electron chi connectivity index (χ4n) is 3.32. The lowest BCUT2D eigenvalue weighted by atomic mass is 10.0. The van der Waals surface area contributed by atoms with Gasteiger partial charge in [-0.15, -0.1) is 0 Å². The van der Waals surface area contributed by atoms with Gasteiger partial charge in [0.1, 0.15) is 11.5 Å². The first-order valence-corrected chi connectivity index (χ1v) is 9.72. The molecule has 0 fully saturated rings. The number of aryl methyl sites for hydroxylation is 2. The first-order valence-electron chi connectivity index (χ1n) is 9.34. The molecule has 0 spiro atoms. The zero-order chi connectivity index (χ0) is 21.4. The number of nitrogens with one attached hydrogen (secondary N) is 1. The van der Waals surface area contributed by atoms with Gasteiger partial charge in [0.15, 0.2) is 0 Å². The van der Waals surface area contributed by atoms with Crippen LogP contribution in [-0.4, -0.2) is 11.8 Å². The molecule has 0 atom stereocenters. The van der Waals surface area contributed by atoms with E-state index < -0.39 is 17.6 Å². The number of benzene rings is 3. The molecule has 150 valence electrons. The Bertz CT molecular complexity index is 1180. The van der Waals surface area contributed by atoms with Gasteiger partial charge in [0.05, 0.1) is 11.3 Å². The van der Waals surface area contributed by atoms with Crippen molar-refractivity contribution >= 4 is 40.4 Å². The molecule has 0 radical (unpaired) electrons. The number of amides is 2. The van der Waals surface area contributed by atoms with Crippen LogP contribution in [0.15, 0.2) is 72.4 Å². The molecule has 30 heavy (non-hydrogen) atoms. The summed E-state index contributed by atoms with van der Waals surface area (Å²) in [6, 6.07) is 17.7. The predicted octanol–water partition coefficient (Wildman–Crippen LogP) is 5.49. The molecule has 4 nitrogen and oxygen atoms in total. The summed E-state index contributed by atoms with van der Waals surface area (Å²) in [6.45, 7) is 3.96. The molecule has 4 rings (SSSR count). The molecule has 0 unspecified atom stereocenters. The topological polar surface area (TPSA) is 49.4 Å². The van der Waals surface area contributed by atoms with Gasteiger partial charge in [-0.05, 0) is 79.1 Å². The lowest BCUT2D eigenvalue weighted by Gasteiger charge is -2.15. The number of carbonyl (C=O) groups excluding carboxylic acids is 2. The second-order valence-corrected chi connectivity index (χ2v) is 7.54. The zero-order valence-corrected chi connectivity index (χ0v) is 17.1. The Morgan fingerprint density at radius 3 is 2.13 bits per heavy atom. The highest BCUT2D eigenvalue weighted by Crippen LogP contribution is 2.34. The Morgan fingerprint density at radius 1 is 0.833 bits per heavy atom. The van der Waals surface area contributed by atoms with E-state index in [1.54, 1.807) is 24.3 Å². The Balaban J connectivity index is 1.82. The molecule has 6 heteroatoms. The van der Waals surface area contributed by atoms with Crippen molar-refractivity contribution in [3.63, 3.8) is 0 Å². The largest absolute Gasteiger partial charge is 0.350 e. The fourth-order valence-corrected chi connectivity index (χ4v) is 3.44. The minimum absolute atomic E-state index is 0.143. The number of hydrogen-bond donors (Lipinski definition) is 1. The van der Waals surface area contributed by atoms with Crippen LogP contribution in [0.2, 0.25) is 5.02 Å². The van der Waals surface area contributed by atoms with Crippen LogP contribution in [0.5, 0.6) is 0 Å². The van der Waals surface area contributed by atoms with Gasteiger partial charge in [-0.1, -0.05) is 29.8 Å². The number of nitrogens with zero attached hydrogens (tertiary/aromatic N) is 1. The monoisotopic (exact) mass is 420 g/mol. The molecular weight excluding hydrogens is 403 g/mol. The smallest absolute Gasteiger partial charge is 0.282 e. The molecule has 2 amide bonds. The lowest BCUT2D eigenvalue weighted by molar-refractivity contribution is -0.120. The maximum Gasteiger partial charge on any atom is 0.282 e. The van der Waals surface area contributed by atoms with E-state index in [0.717, 1.165) is 16.0 Å². The maximum atomic E-state index is 13.4. The van der Waals surface area contributed by atoms with Gasteiger partial charge in [-0.25, -0.2) is 9.29 Å². The first kappa shape index (κ1) is 19.9. The quantitative estimate of drug-likeness (QED) is 0.567. The van der Waals surface area contributed by atoms with Crippen molar-refractivity contribution in [1.82, 2.24) is 0 Å². The molecular formula is C24H18ClFN2O2. The van der Waals surface area contributed by atoms with Crippen molar-refractivity contribution < 1.29 is 14.0 Å². The minimum atomic E-state index is -0.486. The number of halogens is 2. The number of hydrogen-bond acceptors (Lipinski definition) is 3. The third-order valence-corrected chi connectivity index (χ3v) is 5.33. The van der Waals surface area contributed by atoms with Crippen LogP contribution < -0.4 is 10.2 Å². The van der Waals surface area contributed by atoms with Crippen LogP contribution in [0.1, 0.15) is 16.7 Å². The van der Waals surface area contributed by atoms with Crippen LogP contribution in [0, 0.1) is 19.7 Å². The summed E-state index contributed by atoms with van der Waals surface area (Å²) in [5, 5.41) is 3.61. The van der Waals surface area contributed by atoms with Crippen LogP contribution in [0.25, 0.3) is 5.57 Å². The van der Waals surface area contributed by atoms with Crippen molar-refractivity contribution in [2.24, 2.45) is 0 Å². The Morgan fingerprint density at radius 2 is 1.50 bits per heavy atom. The molecule has 3 aromatic carbocycles. The van der Waals surface area contributed by atoms with E-state index in [-0.39, 0.29) is 11.3 Å². The van der Waals surface area contributed by atoms with E-state index in [1.807, 2.05) is 32.0 Å². The normalized spacial score (nSPS) is 13.9. The molecule has 3 aromatic rings. The minimum Gasteiger partial charge on any atom is -0.350 e. The Kier molecular flexibility index (Phi) is 5.14. The van der Waals surface area contributed by atoms with Crippen LogP contribution in [0.3, 0.4) is 0 Å². The summed E-state index contributed by atoms with van der Waals surface area (Å²) in [5.74, 6) is -1.39. The van der Waals surface area contributed by atoms with E-state index in [9.17, 15) is 14.0 Å². The lowest BCUT2D eigenvalue weighted by Crippen LogP contribution is -2.32. The zero-order valence-electron chi connectivity index (χ0n) is 16.4. The predicted molar refractivity (Wildman–Crippen MR) is 117 cm³/mol. The number of imide groups is 1. The summed E-state index contributed by atoms with van der Waals surface area (Å²) in [6.07, 6.45) is 0. The van der Waals surface area contributed by atoms with Crippen LogP contribution in [-0.2, 0) is 9.59 Å².